The number of nitrogens with zero attached hydrogens (tertiary/aromatic N) is 1. The number of nitro groups is 1. The molecule has 0 N–H and O–H groups in total. The van der Waals surface area contributed by atoms with E-state index in [-0.39, 0.29) is 10.6 Å². The van der Waals surface area contributed by atoms with Crippen molar-refractivity contribution in [1.29, 1.82) is 0 Å². The van der Waals surface area contributed by atoms with E-state index in [1.165, 1.54) is 5.56 Å². The lowest BCUT2D eigenvalue weighted by atomic mass is 9.91. The van der Waals surface area contributed by atoms with Crippen molar-refractivity contribution >= 4 is 21.6 Å². The highest BCUT2D eigenvalue weighted by molar-refractivity contribution is 9.09. The Labute approximate surface area is 90.4 Å². The van der Waals surface area contributed by atoms with Crippen molar-refractivity contribution < 1.29 is 4.92 Å². The van der Waals surface area contributed by atoms with E-state index in [4.69, 9.17) is 0 Å². The van der Waals surface area contributed by atoms with Gasteiger partial charge in [0, 0.05) is 17.0 Å². The zero-order valence-electron chi connectivity index (χ0n) is 7.57. The van der Waals surface area contributed by atoms with Crippen molar-refractivity contribution in [2.45, 2.75) is 24.1 Å². The first-order valence-corrected chi connectivity index (χ1v) is 5.48. The minimum atomic E-state index is -0.335. The van der Waals surface area contributed by atoms with Gasteiger partial charge in [0.25, 0.3) is 5.69 Å². The number of rotatable bonds is 1. The summed E-state index contributed by atoms with van der Waals surface area (Å²) in [5.74, 6) is 0. The number of fused-ring (bicyclic) bond motifs is 1. The number of hydrogen-bond acceptors (Lipinski definition) is 2. The fourth-order valence-corrected chi connectivity index (χ4v) is 2.39. The molecule has 1 atom stereocenters. The van der Waals surface area contributed by atoms with Crippen molar-refractivity contribution in [1.82, 2.24) is 0 Å². The molecule has 0 saturated carbocycles. The molecule has 0 heterocycles. The van der Waals surface area contributed by atoms with Gasteiger partial charge in [0.1, 0.15) is 0 Å². The number of non-ortho nitro benzene ring substituents is 1. The van der Waals surface area contributed by atoms with Crippen molar-refractivity contribution in [2.24, 2.45) is 0 Å². The van der Waals surface area contributed by atoms with Crippen molar-refractivity contribution in [3.05, 3.63) is 39.4 Å². The van der Waals surface area contributed by atoms with Crippen LogP contribution >= 0.6 is 15.9 Å². The highest BCUT2D eigenvalue weighted by Gasteiger charge is 2.18. The molecule has 14 heavy (non-hydrogen) atoms. The minimum Gasteiger partial charge on any atom is -0.258 e. The van der Waals surface area contributed by atoms with Gasteiger partial charge < -0.3 is 0 Å². The minimum absolute atomic E-state index is 0.199. The molecular weight excluding hydrogens is 246 g/mol. The highest BCUT2D eigenvalue weighted by Crippen LogP contribution is 2.28. The molecule has 0 spiro atoms. The molecule has 4 heteroatoms. The molecule has 0 aromatic heterocycles. The number of nitro benzene ring substituents is 1. The summed E-state index contributed by atoms with van der Waals surface area (Å²) in [5.41, 5.74) is 2.57. The van der Waals surface area contributed by atoms with Crippen LogP contribution in [-0.4, -0.2) is 9.75 Å². The second-order valence-corrected chi connectivity index (χ2v) is 4.85. The van der Waals surface area contributed by atoms with Crippen LogP contribution in [0.25, 0.3) is 0 Å². The zero-order chi connectivity index (χ0) is 10.1. The molecule has 1 aliphatic rings. The van der Waals surface area contributed by atoms with Gasteiger partial charge in [0.05, 0.1) is 4.92 Å². The summed E-state index contributed by atoms with van der Waals surface area (Å²) >= 11 is 3.55. The van der Waals surface area contributed by atoms with Crippen molar-refractivity contribution in [3.63, 3.8) is 0 Å². The molecule has 0 aliphatic heterocycles. The summed E-state index contributed by atoms with van der Waals surface area (Å²) < 4.78 is 0. The van der Waals surface area contributed by atoms with Gasteiger partial charge in [-0.05, 0) is 30.4 Å². The smallest absolute Gasteiger partial charge is 0.258 e. The maximum absolute atomic E-state index is 10.6. The van der Waals surface area contributed by atoms with Crippen LogP contribution in [-0.2, 0) is 12.8 Å². The van der Waals surface area contributed by atoms with Crippen LogP contribution in [0.1, 0.15) is 17.5 Å². The summed E-state index contributed by atoms with van der Waals surface area (Å²) in [6.45, 7) is 0. The Balaban J connectivity index is 2.37. The monoisotopic (exact) mass is 255 g/mol. The molecule has 74 valence electrons. The van der Waals surface area contributed by atoms with E-state index in [0.29, 0.717) is 4.83 Å². The molecule has 0 amide bonds. The first-order valence-electron chi connectivity index (χ1n) is 4.57. The van der Waals surface area contributed by atoms with E-state index in [2.05, 4.69) is 15.9 Å². The van der Waals surface area contributed by atoms with Crippen LogP contribution in [0.5, 0.6) is 0 Å². The third-order valence-corrected chi connectivity index (χ3v) is 3.35. The molecule has 1 aromatic carbocycles. The van der Waals surface area contributed by atoms with Gasteiger partial charge in [0.2, 0.25) is 0 Å². The molecule has 2 rings (SSSR count). The average Bonchev–Trinajstić information content (AvgIpc) is 2.16. The molecule has 0 radical (unpaired) electrons. The van der Waals surface area contributed by atoms with Crippen LogP contribution in [0, 0.1) is 10.1 Å². The maximum atomic E-state index is 10.6. The average molecular weight is 256 g/mol. The Morgan fingerprint density at radius 2 is 2.21 bits per heavy atom. The van der Waals surface area contributed by atoms with Crippen LogP contribution in [0.15, 0.2) is 18.2 Å². The molecule has 1 unspecified atom stereocenters. The van der Waals surface area contributed by atoms with Gasteiger partial charge in [0.15, 0.2) is 0 Å². The number of alkyl halides is 1. The van der Waals surface area contributed by atoms with Crippen molar-refractivity contribution in [3.8, 4) is 0 Å². The second-order valence-electron chi connectivity index (χ2n) is 3.55. The van der Waals surface area contributed by atoms with Gasteiger partial charge in [-0.2, -0.15) is 0 Å². The fourth-order valence-electron chi connectivity index (χ4n) is 1.81. The van der Waals surface area contributed by atoms with E-state index in [1.807, 2.05) is 6.07 Å². The van der Waals surface area contributed by atoms with Crippen LogP contribution in [0.3, 0.4) is 0 Å². The number of benzene rings is 1. The van der Waals surface area contributed by atoms with E-state index < -0.39 is 0 Å². The Hall–Kier alpha value is -0.900. The van der Waals surface area contributed by atoms with Gasteiger partial charge in [-0.1, -0.05) is 22.0 Å². The summed E-state index contributed by atoms with van der Waals surface area (Å²) in [4.78, 5) is 10.7. The Kier molecular flexibility index (Phi) is 2.54. The highest BCUT2D eigenvalue weighted by atomic mass is 79.9. The molecular formula is C10H10BrNO2. The Morgan fingerprint density at radius 1 is 1.43 bits per heavy atom. The molecule has 3 nitrogen and oxygen atoms in total. The van der Waals surface area contributed by atoms with E-state index in [1.54, 1.807) is 12.1 Å². The predicted octanol–water partition coefficient (Wildman–Crippen LogP) is 2.85. The standard InChI is InChI=1S/C10H10BrNO2/c11-9-3-1-7-2-4-10(12(13)14)6-8(7)5-9/h2,4,6,9H,1,3,5H2. The van der Waals surface area contributed by atoms with E-state index in [9.17, 15) is 10.1 Å². The van der Waals surface area contributed by atoms with E-state index >= 15 is 0 Å². The molecule has 1 aliphatic carbocycles. The fraction of sp³-hybridized carbons (Fsp3) is 0.400. The molecule has 0 fully saturated rings. The second kappa shape index (κ2) is 3.69. The third kappa shape index (κ3) is 1.80. The summed E-state index contributed by atoms with van der Waals surface area (Å²) in [6.07, 6.45) is 3.03. The maximum Gasteiger partial charge on any atom is 0.269 e. The number of halogens is 1. The lowest BCUT2D eigenvalue weighted by molar-refractivity contribution is -0.384. The summed E-state index contributed by atoms with van der Waals surface area (Å²) in [6, 6.07) is 5.17. The van der Waals surface area contributed by atoms with Gasteiger partial charge >= 0.3 is 0 Å². The first kappa shape index (κ1) is 9.65. The van der Waals surface area contributed by atoms with Crippen LogP contribution < -0.4 is 0 Å². The van der Waals surface area contributed by atoms with Crippen LogP contribution in [0.4, 0.5) is 5.69 Å². The SMILES string of the molecule is O=[N+]([O-])c1ccc2c(c1)CC(Br)CC2. The molecule has 1 aromatic rings. The lowest BCUT2D eigenvalue weighted by Gasteiger charge is -2.19. The van der Waals surface area contributed by atoms with Gasteiger partial charge in [-0.15, -0.1) is 0 Å². The van der Waals surface area contributed by atoms with Crippen LogP contribution in [0.2, 0.25) is 0 Å². The lowest BCUT2D eigenvalue weighted by Crippen LogP contribution is -2.13. The Bertz CT molecular complexity index is 378. The summed E-state index contributed by atoms with van der Waals surface area (Å²) in [5, 5.41) is 10.6. The predicted molar refractivity (Wildman–Crippen MR) is 57.8 cm³/mol. The third-order valence-electron chi connectivity index (χ3n) is 2.57. The quantitative estimate of drug-likeness (QED) is 0.440. The number of aryl methyl sites for hydroxylation is 1. The topological polar surface area (TPSA) is 43.1 Å². The summed E-state index contributed by atoms with van der Waals surface area (Å²) in [7, 11) is 0. The van der Waals surface area contributed by atoms with Gasteiger partial charge in [-0.3, -0.25) is 10.1 Å². The van der Waals surface area contributed by atoms with E-state index in [0.717, 1.165) is 24.8 Å². The van der Waals surface area contributed by atoms with Crippen molar-refractivity contribution in [2.75, 3.05) is 0 Å². The molecule has 0 saturated heterocycles. The van der Waals surface area contributed by atoms with Gasteiger partial charge in [-0.25, -0.2) is 0 Å². The normalized spacial score (nSPS) is 20.2. The molecule has 0 bridgehead atoms. The Morgan fingerprint density at radius 3 is 2.93 bits per heavy atom. The first-order chi connectivity index (χ1) is 6.66. The number of hydrogen-bond donors (Lipinski definition) is 0. The zero-order valence-corrected chi connectivity index (χ0v) is 9.16. The largest absolute Gasteiger partial charge is 0.269 e.